The summed E-state index contributed by atoms with van der Waals surface area (Å²) in [5.74, 6) is -0.327. The summed E-state index contributed by atoms with van der Waals surface area (Å²) in [4.78, 5) is 12.3. The molecule has 0 aliphatic carbocycles. The maximum absolute atomic E-state index is 12.5. The topological polar surface area (TPSA) is 108 Å². The third-order valence-corrected chi connectivity index (χ3v) is 5.06. The van der Waals surface area contributed by atoms with E-state index in [-0.39, 0.29) is 22.3 Å². The zero-order valence-electron chi connectivity index (χ0n) is 14.6. The van der Waals surface area contributed by atoms with E-state index in [0.717, 1.165) is 0 Å². The molecule has 0 saturated carbocycles. The van der Waals surface area contributed by atoms with Crippen LogP contribution in [0.5, 0.6) is 5.75 Å². The number of carbonyl (C=O) groups is 1. The zero-order chi connectivity index (χ0) is 19.3. The molecule has 0 bridgehead atoms. The second kappa shape index (κ2) is 7.99. The van der Waals surface area contributed by atoms with Gasteiger partial charge in [0.1, 0.15) is 10.6 Å². The van der Waals surface area contributed by atoms with Crippen LogP contribution in [0.3, 0.4) is 0 Å². The van der Waals surface area contributed by atoms with Crippen molar-refractivity contribution in [2.45, 2.75) is 24.8 Å². The van der Waals surface area contributed by atoms with Gasteiger partial charge in [-0.2, -0.15) is 5.26 Å². The number of nitriles is 1. The molecule has 2 rings (SSSR count). The van der Waals surface area contributed by atoms with Crippen LogP contribution in [0, 0.1) is 11.3 Å². The van der Waals surface area contributed by atoms with Crippen LogP contribution in [-0.4, -0.2) is 27.5 Å². The Hall–Kier alpha value is -2.89. The van der Waals surface area contributed by atoms with Gasteiger partial charge in [-0.1, -0.05) is 0 Å². The molecule has 0 radical (unpaired) electrons. The molecule has 26 heavy (non-hydrogen) atoms. The average Bonchev–Trinajstić information content (AvgIpc) is 2.60. The minimum absolute atomic E-state index is 0.110. The molecule has 7 nitrogen and oxygen atoms in total. The van der Waals surface area contributed by atoms with E-state index in [1.807, 2.05) is 6.07 Å². The van der Waals surface area contributed by atoms with Gasteiger partial charge in [-0.05, 0) is 56.3 Å². The molecular weight excluding hydrogens is 354 g/mol. The standard InChI is InChI=1S/C18H19N3O4S/c1-12(2)21-26(23,24)17-10-14(6-9-16(17)25-3)18(22)20-15-7-4-13(11-19)5-8-15/h4-10,12,21H,1-3H3,(H,20,22). The van der Waals surface area contributed by atoms with Crippen LogP contribution in [0.25, 0.3) is 0 Å². The first-order valence-electron chi connectivity index (χ1n) is 7.78. The second-order valence-electron chi connectivity index (χ2n) is 5.78. The van der Waals surface area contributed by atoms with Crippen molar-refractivity contribution in [3.8, 4) is 11.8 Å². The Kier molecular flexibility index (Phi) is 5.97. The van der Waals surface area contributed by atoms with E-state index in [9.17, 15) is 13.2 Å². The van der Waals surface area contributed by atoms with Gasteiger partial charge in [-0.15, -0.1) is 0 Å². The predicted octanol–water partition coefficient (Wildman–Crippen LogP) is 2.51. The number of carbonyl (C=O) groups excluding carboxylic acids is 1. The summed E-state index contributed by atoms with van der Waals surface area (Å²) in [6.07, 6.45) is 0. The van der Waals surface area contributed by atoms with E-state index in [0.29, 0.717) is 11.3 Å². The number of rotatable bonds is 6. The van der Waals surface area contributed by atoms with Crippen LogP contribution >= 0.6 is 0 Å². The van der Waals surface area contributed by atoms with Gasteiger partial charge < -0.3 is 10.1 Å². The van der Waals surface area contributed by atoms with Gasteiger partial charge in [0.2, 0.25) is 10.0 Å². The van der Waals surface area contributed by atoms with E-state index >= 15 is 0 Å². The first-order chi connectivity index (χ1) is 12.3. The van der Waals surface area contributed by atoms with Gasteiger partial charge >= 0.3 is 0 Å². The monoisotopic (exact) mass is 373 g/mol. The number of sulfonamides is 1. The number of nitrogens with one attached hydrogen (secondary N) is 2. The molecule has 2 aromatic rings. The second-order valence-corrected chi connectivity index (χ2v) is 7.47. The molecule has 136 valence electrons. The van der Waals surface area contributed by atoms with Gasteiger partial charge in [0, 0.05) is 17.3 Å². The first kappa shape index (κ1) is 19.4. The number of methoxy groups -OCH3 is 1. The van der Waals surface area contributed by atoms with Crippen molar-refractivity contribution >= 4 is 21.6 Å². The Morgan fingerprint density at radius 1 is 1.15 bits per heavy atom. The Bertz CT molecular complexity index is 945. The summed E-state index contributed by atoms with van der Waals surface area (Å²) >= 11 is 0. The lowest BCUT2D eigenvalue weighted by atomic mass is 10.2. The molecule has 0 fully saturated rings. The molecule has 0 aliphatic heterocycles. The highest BCUT2D eigenvalue weighted by atomic mass is 32.2. The van der Waals surface area contributed by atoms with Crippen molar-refractivity contribution in [3.05, 3.63) is 53.6 Å². The lowest BCUT2D eigenvalue weighted by Crippen LogP contribution is -2.30. The fourth-order valence-electron chi connectivity index (χ4n) is 2.23. The van der Waals surface area contributed by atoms with Gasteiger partial charge in [0.05, 0.1) is 18.7 Å². The van der Waals surface area contributed by atoms with Crippen molar-refractivity contribution in [3.63, 3.8) is 0 Å². The summed E-state index contributed by atoms with van der Waals surface area (Å²) in [7, 11) is -2.47. The zero-order valence-corrected chi connectivity index (χ0v) is 15.4. The molecule has 2 aromatic carbocycles. The van der Waals surface area contributed by atoms with Gasteiger partial charge in [-0.3, -0.25) is 4.79 Å². The van der Waals surface area contributed by atoms with Gasteiger partial charge in [0.15, 0.2) is 0 Å². The lowest BCUT2D eigenvalue weighted by molar-refractivity contribution is 0.102. The molecule has 1 amide bonds. The Labute approximate surface area is 152 Å². The van der Waals surface area contributed by atoms with Gasteiger partial charge in [0.25, 0.3) is 5.91 Å². The minimum Gasteiger partial charge on any atom is -0.495 e. The van der Waals surface area contributed by atoms with Crippen molar-refractivity contribution in [1.82, 2.24) is 4.72 Å². The van der Waals surface area contributed by atoms with E-state index in [4.69, 9.17) is 10.00 Å². The number of ether oxygens (including phenoxy) is 1. The van der Waals surface area contributed by atoms with Crippen LogP contribution in [-0.2, 0) is 10.0 Å². The largest absolute Gasteiger partial charge is 0.495 e. The number of anilines is 1. The van der Waals surface area contributed by atoms with E-state index in [2.05, 4.69) is 10.0 Å². The summed E-state index contributed by atoms with van der Waals surface area (Å²) in [5, 5.41) is 11.5. The summed E-state index contributed by atoms with van der Waals surface area (Å²) in [5.41, 5.74) is 1.13. The number of benzene rings is 2. The highest BCUT2D eigenvalue weighted by molar-refractivity contribution is 7.89. The summed E-state index contributed by atoms with van der Waals surface area (Å²) < 4.78 is 32.5. The molecule has 0 atom stereocenters. The van der Waals surface area contributed by atoms with E-state index in [1.54, 1.807) is 38.1 Å². The van der Waals surface area contributed by atoms with Gasteiger partial charge in [-0.25, -0.2) is 13.1 Å². The highest BCUT2D eigenvalue weighted by Crippen LogP contribution is 2.25. The summed E-state index contributed by atoms with van der Waals surface area (Å²) in [6, 6.07) is 12.2. The lowest BCUT2D eigenvalue weighted by Gasteiger charge is -2.14. The molecule has 0 unspecified atom stereocenters. The van der Waals surface area contributed by atoms with E-state index < -0.39 is 15.9 Å². The molecule has 8 heteroatoms. The van der Waals surface area contributed by atoms with Crippen LogP contribution in [0.1, 0.15) is 29.8 Å². The number of hydrogen-bond acceptors (Lipinski definition) is 5. The Morgan fingerprint density at radius 3 is 2.35 bits per heavy atom. The molecule has 0 aliphatic rings. The number of amides is 1. The van der Waals surface area contributed by atoms with Crippen molar-refractivity contribution in [1.29, 1.82) is 5.26 Å². The maximum Gasteiger partial charge on any atom is 0.255 e. The third kappa shape index (κ3) is 4.59. The molecule has 0 heterocycles. The maximum atomic E-state index is 12.5. The van der Waals surface area contributed by atoms with Crippen LogP contribution in [0.2, 0.25) is 0 Å². The van der Waals surface area contributed by atoms with Crippen LogP contribution in [0.4, 0.5) is 5.69 Å². The van der Waals surface area contributed by atoms with Crippen LogP contribution < -0.4 is 14.8 Å². The number of nitrogens with zero attached hydrogens (tertiary/aromatic N) is 1. The van der Waals surface area contributed by atoms with Crippen LogP contribution in [0.15, 0.2) is 47.4 Å². The third-order valence-electron chi connectivity index (χ3n) is 3.38. The van der Waals surface area contributed by atoms with Crippen molar-refractivity contribution in [2.24, 2.45) is 0 Å². The Balaban J connectivity index is 2.33. The predicted molar refractivity (Wildman–Crippen MR) is 97.6 cm³/mol. The average molecular weight is 373 g/mol. The summed E-state index contributed by atoms with van der Waals surface area (Å²) in [6.45, 7) is 3.40. The molecule has 2 N–H and O–H groups in total. The fraction of sp³-hybridized carbons (Fsp3) is 0.222. The highest BCUT2D eigenvalue weighted by Gasteiger charge is 2.22. The quantitative estimate of drug-likeness (QED) is 0.809. The van der Waals surface area contributed by atoms with Crippen molar-refractivity contribution < 1.29 is 17.9 Å². The smallest absolute Gasteiger partial charge is 0.255 e. The number of hydrogen-bond donors (Lipinski definition) is 2. The fourth-order valence-corrected chi connectivity index (χ4v) is 3.68. The molecule has 0 spiro atoms. The SMILES string of the molecule is COc1ccc(C(=O)Nc2ccc(C#N)cc2)cc1S(=O)(=O)NC(C)C. The van der Waals surface area contributed by atoms with Crippen molar-refractivity contribution in [2.75, 3.05) is 12.4 Å². The molecule has 0 saturated heterocycles. The molecular formula is C18H19N3O4S. The Morgan fingerprint density at radius 2 is 1.81 bits per heavy atom. The normalized spacial score (nSPS) is 11.0. The minimum atomic E-state index is -3.83. The first-order valence-corrected chi connectivity index (χ1v) is 9.27. The van der Waals surface area contributed by atoms with E-state index in [1.165, 1.54) is 25.3 Å². The molecule has 0 aromatic heterocycles.